The molecule has 0 radical (unpaired) electrons. The van der Waals surface area contributed by atoms with E-state index in [2.05, 4.69) is 16.0 Å². The Morgan fingerprint density at radius 2 is 1.56 bits per heavy atom. The van der Waals surface area contributed by atoms with Crippen molar-refractivity contribution in [3.63, 3.8) is 0 Å². The number of carbonyl (C=O) groups is 2. The van der Waals surface area contributed by atoms with Gasteiger partial charge in [-0.2, -0.15) is 0 Å². The third-order valence-electron chi connectivity index (χ3n) is 5.48. The van der Waals surface area contributed by atoms with Gasteiger partial charge in [-0.25, -0.2) is 0 Å². The molecular formula is C22H25N3O2. The van der Waals surface area contributed by atoms with E-state index in [1.54, 1.807) is 18.2 Å². The lowest BCUT2D eigenvalue weighted by atomic mass is 9.89. The Kier molecular flexibility index (Phi) is 5.21. The lowest BCUT2D eigenvalue weighted by Crippen LogP contribution is -2.39. The highest BCUT2D eigenvalue weighted by Crippen LogP contribution is 2.32. The van der Waals surface area contributed by atoms with Gasteiger partial charge in [-0.05, 0) is 61.9 Å². The molecule has 2 unspecified atom stereocenters. The molecule has 4 rings (SSSR count). The zero-order chi connectivity index (χ0) is 18.6. The molecule has 2 aromatic carbocycles. The maximum atomic E-state index is 12.5. The van der Waals surface area contributed by atoms with Crippen molar-refractivity contribution in [2.24, 2.45) is 5.92 Å². The van der Waals surface area contributed by atoms with E-state index in [4.69, 9.17) is 0 Å². The first-order chi connectivity index (χ1) is 13.2. The molecule has 2 heterocycles. The van der Waals surface area contributed by atoms with Crippen LogP contribution in [0.2, 0.25) is 0 Å². The molecule has 5 heteroatoms. The van der Waals surface area contributed by atoms with Gasteiger partial charge >= 0.3 is 0 Å². The first kappa shape index (κ1) is 17.7. The standard InChI is InChI=1S/C22H25N3O2/c26-21(13-15-11-19-9-10-20(12-15)23-19)24-17-7-4-8-18(14-17)25-22(27)16-5-2-1-3-6-16/h1-8,14-15,19-20,23H,9-13H2,(H,24,26)(H,25,27). The Hall–Kier alpha value is -2.66. The minimum absolute atomic E-state index is 0.0489. The number of piperidine rings is 1. The molecule has 0 saturated carbocycles. The van der Waals surface area contributed by atoms with E-state index in [1.165, 1.54) is 12.8 Å². The van der Waals surface area contributed by atoms with Crippen molar-refractivity contribution in [3.05, 3.63) is 60.2 Å². The summed E-state index contributed by atoms with van der Waals surface area (Å²) in [6.45, 7) is 0. The molecule has 2 atom stereocenters. The maximum absolute atomic E-state index is 12.5. The molecule has 2 fully saturated rings. The summed E-state index contributed by atoms with van der Waals surface area (Å²) in [5, 5.41) is 9.47. The number of hydrogen-bond acceptors (Lipinski definition) is 3. The highest BCUT2D eigenvalue weighted by molar-refractivity contribution is 6.04. The summed E-state index contributed by atoms with van der Waals surface area (Å²) in [5.41, 5.74) is 1.98. The van der Waals surface area contributed by atoms with E-state index in [9.17, 15) is 9.59 Å². The van der Waals surface area contributed by atoms with E-state index in [0.29, 0.717) is 41.4 Å². The smallest absolute Gasteiger partial charge is 0.255 e. The van der Waals surface area contributed by atoms with Gasteiger partial charge in [0.2, 0.25) is 5.91 Å². The molecule has 140 valence electrons. The summed E-state index contributed by atoms with van der Waals surface area (Å²) in [7, 11) is 0. The summed E-state index contributed by atoms with van der Waals surface area (Å²) in [6.07, 6.45) is 5.24. The van der Waals surface area contributed by atoms with Gasteiger partial charge in [-0.3, -0.25) is 9.59 Å². The summed E-state index contributed by atoms with van der Waals surface area (Å²) in [6, 6.07) is 17.6. The normalized spacial score (nSPS) is 23.6. The average Bonchev–Trinajstić information content (AvgIpc) is 3.01. The first-order valence-corrected chi connectivity index (χ1v) is 9.68. The molecule has 2 saturated heterocycles. The minimum atomic E-state index is -0.163. The fourth-order valence-corrected chi connectivity index (χ4v) is 4.28. The molecule has 2 aromatic rings. The van der Waals surface area contributed by atoms with Gasteiger partial charge in [0, 0.05) is 35.4 Å². The zero-order valence-electron chi connectivity index (χ0n) is 15.3. The lowest BCUT2D eigenvalue weighted by molar-refractivity contribution is -0.117. The van der Waals surface area contributed by atoms with Gasteiger partial charge in [0.25, 0.3) is 5.91 Å². The molecule has 0 aromatic heterocycles. The van der Waals surface area contributed by atoms with Crippen LogP contribution in [-0.2, 0) is 4.79 Å². The molecule has 3 N–H and O–H groups in total. The van der Waals surface area contributed by atoms with Gasteiger partial charge in [-0.1, -0.05) is 24.3 Å². The third-order valence-corrected chi connectivity index (χ3v) is 5.48. The molecule has 5 nitrogen and oxygen atoms in total. The largest absolute Gasteiger partial charge is 0.326 e. The zero-order valence-corrected chi connectivity index (χ0v) is 15.3. The molecule has 2 aliphatic heterocycles. The number of rotatable bonds is 5. The van der Waals surface area contributed by atoms with Crippen LogP contribution in [0.5, 0.6) is 0 Å². The van der Waals surface area contributed by atoms with Crippen LogP contribution < -0.4 is 16.0 Å². The quantitative estimate of drug-likeness (QED) is 0.757. The van der Waals surface area contributed by atoms with E-state index in [-0.39, 0.29) is 11.8 Å². The van der Waals surface area contributed by atoms with Crippen LogP contribution in [0.1, 0.15) is 42.5 Å². The SMILES string of the molecule is O=C(CC1CC2CCC(C1)N2)Nc1cccc(NC(=O)c2ccccc2)c1. The van der Waals surface area contributed by atoms with Crippen molar-refractivity contribution in [2.75, 3.05) is 10.6 Å². The number of carbonyl (C=O) groups excluding carboxylic acids is 2. The molecule has 0 spiro atoms. The van der Waals surface area contributed by atoms with Crippen LogP contribution in [0, 0.1) is 5.92 Å². The van der Waals surface area contributed by atoms with Crippen LogP contribution in [0.25, 0.3) is 0 Å². The Morgan fingerprint density at radius 3 is 2.26 bits per heavy atom. The predicted octanol–water partition coefficient (Wildman–Crippen LogP) is 3.80. The summed E-state index contributed by atoms with van der Waals surface area (Å²) < 4.78 is 0. The van der Waals surface area contributed by atoms with Crippen molar-refractivity contribution in [3.8, 4) is 0 Å². The fourth-order valence-electron chi connectivity index (χ4n) is 4.28. The van der Waals surface area contributed by atoms with Crippen molar-refractivity contribution >= 4 is 23.2 Å². The summed E-state index contributed by atoms with van der Waals surface area (Å²) >= 11 is 0. The highest BCUT2D eigenvalue weighted by atomic mass is 16.2. The number of nitrogens with one attached hydrogen (secondary N) is 3. The minimum Gasteiger partial charge on any atom is -0.326 e. The maximum Gasteiger partial charge on any atom is 0.255 e. The van der Waals surface area contributed by atoms with Crippen LogP contribution in [0.15, 0.2) is 54.6 Å². The molecule has 2 bridgehead atoms. The second-order valence-electron chi connectivity index (χ2n) is 7.63. The van der Waals surface area contributed by atoms with Crippen molar-refractivity contribution in [2.45, 2.75) is 44.2 Å². The Balaban J connectivity index is 1.33. The van der Waals surface area contributed by atoms with Crippen LogP contribution in [0.3, 0.4) is 0 Å². The van der Waals surface area contributed by atoms with Crippen molar-refractivity contribution < 1.29 is 9.59 Å². The van der Waals surface area contributed by atoms with E-state index < -0.39 is 0 Å². The van der Waals surface area contributed by atoms with Gasteiger partial charge < -0.3 is 16.0 Å². The predicted molar refractivity (Wildman–Crippen MR) is 107 cm³/mol. The van der Waals surface area contributed by atoms with Gasteiger partial charge in [0.15, 0.2) is 0 Å². The molecule has 2 amide bonds. The highest BCUT2D eigenvalue weighted by Gasteiger charge is 2.34. The van der Waals surface area contributed by atoms with Crippen molar-refractivity contribution in [1.82, 2.24) is 5.32 Å². The number of benzene rings is 2. The monoisotopic (exact) mass is 363 g/mol. The van der Waals surface area contributed by atoms with Gasteiger partial charge in [-0.15, -0.1) is 0 Å². The van der Waals surface area contributed by atoms with Crippen LogP contribution in [0.4, 0.5) is 11.4 Å². The first-order valence-electron chi connectivity index (χ1n) is 9.68. The molecule has 0 aliphatic carbocycles. The summed E-state index contributed by atoms with van der Waals surface area (Å²) in [4.78, 5) is 24.7. The van der Waals surface area contributed by atoms with Gasteiger partial charge in [0.1, 0.15) is 0 Å². The molecular weight excluding hydrogens is 338 g/mol. The second-order valence-corrected chi connectivity index (χ2v) is 7.63. The van der Waals surface area contributed by atoms with Gasteiger partial charge in [0.05, 0.1) is 0 Å². The Labute approximate surface area is 159 Å². The molecule has 2 aliphatic rings. The van der Waals surface area contributed by atoms with Crippen LogP contribution >= 0.6 is 0 Å². The van der Waals surface area contributed by atoms with Crippen molar-refractivity contribution in [1.29, 1.82) is 0 Å². The number of fused-ring (bicyclic) bond motifs is 2. The Morgan fingerprint density at radius 1 is 0.889 bits per heavy atom. The van der Waals surface area contributed by atoms with E-state index in [0.717, 1.165) is 12.8 Å². The van der Waals surface area contributed by atoms with E-state index >= 15 is 0 Å². The third kappa shape index (κ3) is 4.55. The number of anilines is 2. The molecule has 27 heavy (non-hydrogen) atoms. The lowest BCUT2D eigenvalue weighted by Gasteiger charge is -2.28. The fraction of sp³-hybridized carbons (Fsp3) is 0.364. The Bertz CT molecular complexity index is 809. The number of amides is 2. The topological polar surface area (TPSA) is 70.2 Å². The summed E-state index contributed by atoms with van der Waals surface area (Å²) in [5.74, 6) is 0.349. The second kappa shape index (κ2) is 7.92. The number of hydrogen-bond donors (Lipinski definition) is 3. The van der Waals surface area contributed by atoms with Crippen LogP contribution in [-0.4, -0.2) is 23.9 Å². The average molecular weight is 363 g/mol. The van der Waals surface area contributed by atoms with E-state index in [1.807, 2.05) is 36.4 Å².